The highest BCUT2D eigenvalue weighted by Gasteiger charge is 2.01. The smallest absolute Gasteiger partial charge is 0.246 e. The van der Waals surface area contributed by atoms with Gasteiger partial charge in [0.15, 0.2) is 0 Å². The zero-order chi connectivity index (χ0) is 9.97. The zero-order valence-corrected chi connectivity index (χ0v) is 7.77. The first-order valence-electron chi connectivity index (χ1n) is 4.38. The van der Waals surface area contributed by atoms with Gasteiger partial charge < -0.3 is 0 Å². The van der Waals surface area contributed by atoms with Crippen LogP contribution in [0.3, 0.4) is 0 Å². The van der Waals surface area contributed by atoms with Gasteiger partial charge in [-0.05, 0) is 24.1 Å². The molecule has 5 nitrogen and oxygen atoms in total. The molecule has 5 heteroatoms. The molecule has 0 aliphatic heterocycles. The molecule has 0 bridgehead atoms. The molecule has 72 valence electrons. The van der Waals surface area contributed by atoms with Crippen LogP contribution >= 0.6 is 0 Å². The van der Waals surface area contributed by atoms with Crippen molar-refractivity contribution in [3.63, 3.8) is 0 Å². The average Bonchev–Trinajstić information content (AvgIpc) is 2.65. The number of nitrogens with zero attached hydrogens (tertiary/aromatic N) is 3. The summed E-state index contributed by atoms with van der Waals surface area (Å²) in [7, 11) is 0. The van der Waals surface area contributed by atoms with E-state index < -0.39 is 0 Å². The number of aromatic nitrogens is 4. The molecule has 0 aliphatic rings. The van der Waals surface area contributed by atoms with Gasteiger partial charge in [0.2, 0.25) is 0 Å². The summed E-state index contributed by atoms with van der Waals surface area (Å²) in [6, 6.07) is 3.80. The third-order valence-electron chi connectivity index (χ3n) is 2.02. The molecule has 14 heavy (non-hydrogen) atoms. The quantitative estimate of drug-likeness (QED) is 0.750. The summed E-state index contributed by atoms with van der Waals surface area (Å²) < 4.78 is 1.37. The lowest BCUT2D eigenvalue weighted by Gasteiger charge is -2.00. The molecule has 0 unspecified atom stereocenters. The van der Waals surface area contributed by atoms with Crippen molar-refractivity contribution in [3.8, 4) is 5.82 Å². The van der Waals surface area contributed by atoms with Crippen LogP contribution in [-0.4, -0.2) is 19.7 Å². The number of rotatable bonds is 2. The Hall–Kier alpha value is -1.91. The van der Waals surface area contributed by atoms with Crippen molar-refractivity contribution in [1.82, 2.24) is 19.7 Å². The Bertz CT molecular complexity index is 485. The van der Waals surface area contributed by atoms with E-state index in [2.05, 4.69) is 22.1 Å². The van der Waals surface area contributed by atoms with Crippen LogP contribution in [0.4, 0.5) is 0 Å². The normalized spacial score (nSPS) is 10.4. The van der Waals surface area contributed by atoms with E-state index in [-0.39, 0.29) is 5.69 Å². The third-order valence-corrected chi connectivity index (χ3v) is 2.02. The molecule has 0 radical (unpaired) electrons. The van der Waals surface area contributed by atoms with Crippen LogP contribution in [0.25, 0.3) is 5.82 Å². The average molecular weight is 190 g/mol. The molecule has 0 saturated heterocycles. The first kappa shape index (κ1) is 8.68. The van der Waals surface area contributed by atoms with Gasteiger partial charge in [0, 0.05) is 6.20 Å². The van der Waals surface area contributed by atoms with Crippen molar-refractivity contribution in [3.05, 3.63) is 40.7 Å². The Labute approximate surface area is 80.4 Å². The molecule has 1 N–H and O–H groups in total. The van der Waals surface area contributed by atoms with Gasteiger partial charge >= 0.3 is 5.69 Å². The lowest BCUT2D eigenvalue weighted by molar-refractivity contribution is 0.930. The van der Waals surface area contributed by atoms with E-state index in [1.54, 1.807) is 6.20 Å². The van der Waals surface area contributed by atoms with Crippen molar-refractivity contribution in [1.29, 1.82) is 0 Å². The molecule has 2 rings (SSSR count). The predicted molar refractivity (Wildman–Crippen MR) is 51.4 cm³/mol. The van der Waals surface area contributed by atoms with E-state index in [4.69, 9.17) is 0 Å². The molecule has 0 spiro atoms. The number of aryl methyl sites for hydroxylation is 1. The highest BCUT2D eigenvalue weighted by molar-refractivity contribution is 5.26. The van der Waals surface area contributed by atoms with Crippen molar-refractivity contribution < 1.29 is 0 Å². The molecule has 2 heterocycles. The first-order valence-corrected chi connectivity index (χ1v) is 4.38. The number of nitrogens with one attached hydrogen (secondary N) is 1. The lowest BCUT2D eigenvalue weighted by atomic mass is 10.2. The molecule has 0 fully saturated rings. The van der Waals surface area contributed by atoms with Gasteiger partial charge in [-0.25, -0.2) is 19.4 Å². The molecule has 2 aromatic heterocycles. The second-order valence-electron chi connectivity index (χ2n) is 2.91. The van der Waals surface area contributed by atoms with E-state index in [0.717, 1.165) is 12.0 Å². The van der Waals surface area contributed by atoms with Gasteiger partial charge in [0.25, 0.3) is 0 Å². The van der Waals surface area contributed by atoms with Gasteiger partial charge in [0.1, 0.15) is 12.1 Å². The standard InChI is InChI=1S/C9H10N4O/c1-2-7-3-4-10-8(5-7)13-6-11-12-9(13)14/h3-6H,2H2,1H3,(H,12,14). The maximum absolute atomic E-state index is 11.2. The monoisotopic (exact) mass is 190 g/mol. The summed E-state index contributed by atoms with van der Waals surface area (Å²) in [5.41, 5.74) is 0.869. The van der Waals surface area contributed by atoms with Crippen molar-refractivity contribution in [2.45, 2.75) is 13.3 Å². The minimum Gasteiger partial charge on any atom is -0.246 e. The molecular formula is C9H10N4O. The van der Waals surface area contributed by atoms with Crippen LogP contribution in [-0.2, 0) is 6.42 Å². The number of aromatic amines is 1. The number of H-pyrrole nitrogens is 1. The van der Waals surface area contributed by atoms with Crippen molar-refractivity contribution in [2.75, 3.05) is 0 Å². The van der Waals surface area contributed by atoms with Gasteiger partial charge in [-0.15, -0.1) is 0 Å². The summed E-state index contributed by atoms with van der Waals surface area (Å²) >= 11 is 0. The second kappa shape index (κ2) is 3.45. The Kier molecular flexibility index (Phi) is 2.14. The molecule has 0 aromatic carbocycles. The Balaban J connectivity index is 2.52. The first-order chi connectivity index (χ1) is 6.81. The van der Waals surface area contributed by atoms with Crippen LogP contribution in [0.1, 0.15) is 12.5 Å². The summed E-state index contributed by atoms with van der Waals surface area (Å²) in [5.74, 6) is 0.600. The zero-order valence-electron chi connectivity index (χ0n) is 7.77. The summed E-state index contributed by atoms with van der Waals surface area (Å²) in [6.45, 7) is 2.05. The Morgan fingerprint density at radius 2 is 2.43 bits per heavy atom. The molecule has 0 aliphatic carbocycles. The third kappa shape index (κ3) is 1.44. The van der Waals surface area contributed by atoms with E-state index in [1.807, 2.05) is 12.1 Å². The summed E-state index contributed by atoms with van der Waals surface area (Å²) in [5, 5.41) is 5.96. The molecular weight excluding hydrogens is 180 g/mol. The van der Waals surface area contributed by atoms with E-state index >= 15 is 0 Å². The van der Waals surface area contributed by atoms with Gasteiger partial charge in [-0.1, -0.05) is 6.92 Å². The van der Waals surface area contributed by atoms with Crippen molar-refractivity contribution in [2.24, 2.45) is 0 Å². The number of hydrogen-bond acceptors (Lipinski definition) is 3. The minimum absolute atomic E-state index is 0.272. The predicted octanol–water partition coefficient (Wildman–Crippen LogP) is 0.518. The highest BCUT2D eigenvalue weighted by atomic mass is 16.1. The van der Waals surface area contributed by atoms with Gasteiger partial charge in [-0.2, -0.15) is 5.10 Å². The SMILES string of the molecule is CCc1ccnc(-n2cn[nH]c2=O)c1. The van der Waals surface area contributed by atoms with E-state index in [1.165, 1.54) is 10.9 Å². The van der Waals surface area contributed by atoms with Crippen LogP contribution in [0, 0.1) is 0 Å². The van der Waals surface area contributed by atoms with Crippen LogP contribution in [0.2, 0.25) is 0 Å². The van der Waals surface area contributed by atoms with Crippen LogP contribution in [0.15, 0.2) is 29.5 Å². The topological polar surface area (TPSA) is 63.6 Å². The summed E-state index contributed by atoms with van der Waals surface area (Å²) in [6.07, 6.45) is 4.03. The second-order valence-corrected chi connectivity index (χ2v) is 2.91. The molecule has 0 amide bonds. The van der Waals surface area contributed by atoms with E-state index in [9.17, 15) is 4.79 Å². The van der Waals surface area contributed by atoms with Gasteiger partial charge in [0.05, 0.1) is 0 Å². The molecule has 2 aromatic rings. The fourth-order valence-electron chi connectivity index (χ4n) is 1.22. The highest BCUT2D eigenvalue weighted by Crippen LogP contribution is 2.04. The minimum atomic E-state index is -0.272. The Morgan fingerprint density at radius 1 is 1.57 bits per heavy atom. The maximum atomic E-state index is 11.2. The number of pyridine rings is 1. The van der Waals surface area contributed by atoms with Crippen molar-refractivity contribution >= 4 is 0 Å². The van der Waals surface area contributed by atoms with Crippen LogP contribution in [0.5, 0.6) is 0 Å². The fraction of sp³-hybridized carbons (Fsp3) is 0.222. The largest absolute Gasteiger partial charge is 0.348 e. The molecule has 0 saturated carbocycles. The number of hydrogen-bond donors (Lipinski definition) is 1. The Morgan fingerprint density at radius 3 is 3.07 bits per heavy atom. The maximum Gasteiger partial charge on any atom is 0.348 e. The fourth-order valence-corrected chi connectivity index (χ4v) is 1.22. The van der Waals surface area contributed by atoms with E-state index in [0.29, 0.717) is 5.82 Å². The summed E-state index contributed by atoms with van der Waals surface area (Å²) in [4.78, 5) is 15.3. The molecule has 0 atom stereocenters. The van der Waals surface area contributed by atoms with Crippen LogP contribution < -0.4 is 5.69 Å². The van der Waals surface area contributed by atoms with Gasteiger partial charge in [-0.3, -0.25) is 0 Å². The lowest BCUT2D eigenvalue weighted by Crippen LogP contribution is -2.15.